The van der Waals surface area contributed by atoms with Crippen molar-refractivity contribution >= 4 is 5.78 Å². The number of rotatable bonds is 5. The molecule has 0 spiro atoms. The van der Waals surface area contributed by atoms with Gasteiger partial charge in [0.05, 0.1) is 18.8 Å². The Morgan fingerprint density at radius 2 is 1.85 bits per heavy atom. The van der Waals surface area contributed by atoms with Crippen molar-refractivity contribution in [3.63, 3.8) is 0 Å². The standard InChI is InChI=1S/C15H16N2O3/c1-10(2)20-13-7-5-4-6-11(13)15(18)12-8-9-14(19-3)17-16-12/h4-10H,1-3H3. The molecule has 1 aromatic carbocycles. The topological polar surface area (TPSA) is 61.3 Å². The molecule has 0 amide bonds. The number of ether oxygens (including phenoxy) is 2. The first kappa shape index (κ1) is 14.0. The Hall–Kier alpha value is -2.43. The Kier molecular flexibility index (Phi) is 4.30. The fraction of sp³-hybridized carbons (Fsp3) is 0.267. The SMILES string of the molecule is COc1ccc(C(=O)c2ccccc2OC(C)C)nn1. The molecule has 0 radical (unpaired) electrons. The molecule has 5 nitrogen and oxygen atoms in total. The van der Waals surface area contributed by atoms with Crippen molar-refractivity contribution in [3.8, 4) is 11.6 Å². The van der Waals surface area contributed by atoms with Crippen LogP contribution in [-0.4, -0.2) is 29.2 Å². The predicted octanol–water partition coefficient (Wildman–Crippen LogP) is 2.50. The summed E-state index contributed by atoms with van der Waals surface area (Å²) in [6.07, 6.45) is -0.00842. The summed E-state index contributed by atoms with van der Waals surface area (Å²) in [7, 11) is 1.50. The van der Waals surface area contributed by atoms with Gasteiger partial charge >= 0.3 is 0 Å². The number of hydrogen-bond donors (Lipinski definition) is 0. The molecule has 20 heavy (non-hydrogen) atoms. The van der Waals surface area contributed by atoms with E-state index in [1.165, 1.54) is 7.11 Å². The molecule has 0 fully saturated rings. The van der Waals surface area contributed by atoms with Crippen molar-refractivity contribution in [1.82, 2.24) is 10.2 Å². The van der Waals surface area contributed by atoms with Crippen LogP contribution in [0.15, 0.2) is 36.4 Å². The first-order chi connectivity index (χ1) is 9.61. The lowest BCUT2D eigenvalue weighted by Gasteiger charge is -2.13. The van der Waals surface area contributed by atoms with Crippen molar-refractivity contribution in [2.75, 3.05) is 7.11 Å². The third kappa shape index (κ3) is 3.12. The van der Waals surface area contributed by atoms with Crippen molar-refractivity contribution in [1.29, 1.82) is 0 Å². The van der Waals surface area contributed by atoms with Gasteiger partial charge in [-0.2, -0.15) is 0 Å². The maximum Gasteiger partial charge on any atom is 0.233 e. The van der Waals surface area contributed by atoms with Gasteiger partial charge in [-0.25, -0.2) is 0 Å². The summed E-state index contributed by atoms with van der Waals surface area (Å²) in [5.41, 5.74) is 0.728. The Balaban J connectivity index is 2.32. The van der Waals surface area contributed by atoms with E-state index in [0.717, 1.165) is 0 Å². The Bertz CT molecular complexity index is 594. The first-order valence-electron chi connectivity index (χ1n) is 6.30. The van der Waals surface area contributed by atoms with Crippen LogP contribution in [0.1, 0.15) is 29.9 Å². The molecular formula is C15H16N2O3. The zero-order valence-electron chi connectivity index (χ0n) is 11.7. The second-order valence-electron chi connectivity index (χ2n) is 4.45. The fourth-order valence-corrected chi connectivity index (χ4v) is 1.70. The van der Waals surface area contributed by atoms with Gasteiger partial charge in [0.2, 0.25) is 11.7 Å². The molecule has 5 heteroatoms. The summed E-state index contributed by atoms with van der Waals surface area (Å²) in [4.78, 5) is 12.4. The molecule has 1 aromatic heterocycles. The summed E-state index contributed by atoms with van der Waals surface area (Å²) in [6, 6.07) is 10.3. The molecule has 0 aliphatic carbocycles. The van der Waals surface area contributed by atoms with Crippen molar-refractivity contribution < 1.29 is 14.3 Å². The van der Waals surface area contributed by atoms with Gasteiger partial charge in [0.25, 0.3) is 0 Å². The van der Waals surface area contributed by atoms with Crippen LogP contribution < -0.4 is 9.47 Å². The second kappa shape index (κ2) is 6.14. The molecule has 0 aliphatic rings. The van der Waals surface area contributed by atoms with E-state index in [4.69, 9.17) is 9.47 Å². The maximum atomic E-state index is 12.4. The lowest BCUT2D eigenvalue weighted by Crippen LogP contribution is -2.12. The molecule has 0 saturated carbocycles. The predicted molar refractivity (Wildman–Crippen MR) is 74.2 cm³/mol. The maximum absolute atomic E-state index is 12.4. The van der Waals surface area contributed by atoms with E-state index in [-0.39, 0.29) is 17.6 Å². The molecule has 0 bridgehead atoms. The average Bonchev–Trinajstić information content (AvgIpc) is 2.46. The first-order valence-corrected chi connectivity index (χ1v) is 6.30. The highest BCUT2D eigenvalue weighted by Gasteiger charge is 2.16. The van der Waals surface area contributed by atoms with Crippen LogP contribution in [0, 0.1) is 0 Å². The lowest BCUT2D eigenvalue weighted by molar-refractivity contribution is 0.102. The molecule has 2 rings (SSSR count). The van der Waals surface area contributed by atoms with Gasteiger partial charge in [0, 0.05) is 6.07 Å². The van der Waals surface area contributed by atoms with Gasteiger partial charge in [-0.3, -0.25) is 4.79 Å². The normalized spacial score (nSPS) is 10.4. The highest BCUT2D eigenvalue weighted by atomic mass is 16.5. The molecule has 1 heterocycles. The minimum atomic E-state index is -0.226. The molecule has 0 N–H and O–H groups in total. The summed E-state index contributed by atoms with van der Waals surface area (Å²) in [5.74, 6) is 0.690. The van der Waals surface area contributed by atoms with Gasteiger partial charge in [-0.1, -0.05) is 12.1 Å². The van der Waals surface area contributed by atoms with E-state index in [1.807, 2.05) is 19.9 Å². The smallest absolute Gasteiger partial charge is 0.233 e. The van der Waals surface area contributed by atoms with Gasteiger partial charge in [0.1, 0.15) is 11.4 Å². The monoisotopic (exact) mass is 272 g/mol. The van der Waals surface area contributed by atoms with Gasteiger partial charge in [-0.15, -0.1) is 10.2 Å². The van der Waals surface area contributed by atoms with E-state index in [2.05, 4.69) is 10.2 Å². The summed E-state index contributed by atoms with van der Waals surface area (Å²) < 4.78 is 10.6. The Morgan fingerprint density at radius 1 is 1.10 bits per heavy atom. The number of methoxy groups -OCH3 is 1. The Labute approximate surface area is 117 Å². The number of carbonyl (C=O) groups excluding carboxylic acids is 1. The van der Waals surface area contributed by atoms with Gasteiger partial charge in [-0.05, 0) is 32.0 Å². The minimum Gasteiger partial charge on any atom is -0.490 e. The van der Waals surface area contributed by atoms with Crippen LogP contribution in [-0.2, 0) is 0 Å². The number of carbonyl (C=O) groups is 1. The number of hydrogen-bond acceptors (Lipinski definition) is 5. The molecule has 104 valence electrons. The molecule has 0 saturated heterocycles. The number of aromatic nitrogens is 2. The van der Waals surface area contributed by atoms with E-state index in [1.54, 1.807) is 30.3 Å². The number of nitrogens with zero attached hydrogens (tertiary/aromatic N) is 2. The number of ketones is 1. The zero-order valence-corrected chi connectivity index (χ0v) is 11.7. The van der Waals surface area contributed by atoms with Crippen LogP contribution >= 0.6 is 0 Å². The molecule has 0 unspecified atom stereocenters. The fourth-order valence-electron chi connectivity index (χ4n) is 1.70. The highest BCUT2D eigenvalue weighted by Crippen LogP contribution is 2.22. The van der Waals surface area contributed by atoms with Crippen LogP contribution in [0.5, 0.6) is 11.6 Å². The van der Waals surface area contributed by atoms with E-state index in [0.29, 0.717) is 17.2 Å². The minimum absolute atomic E-state index is 0.00842. The van der Waals surface area contributed by atoms with Crippen molar-refractivity contribution in [3.05, 3.63) is 47.7 Å². The number of para-hydroxylation sites is 1. The largest absolute Gasteiger partial charge is 0.490 e. The van der Waals surface area contributed by atoms with E-state index in [9.17, 15) is 4.79 Å². The van der Waals surface area contributed by atoms with Crippen molar-refractivity contribution in [2.24, 2.45) is 0 Å². The molecule has 2 aromatic rings. The molecule has 0 aliphatic heterocycles. The van der Waals surface area contributed by atoms with Crippen LogP contribution in [0.25, 0.3) is 0 Å². The lowest BCUT2D eigenvalue weighted by atomic mass is 10.1. The second-order valence-corrected chi connectivity index (χ2v) is 4.45. The van der Waals surface area contributed by atoms with Crippen LogP contribution in [0.2, 0.25) is 0 Å². The third-order valence-electron chi connectivity index (χ3n) is 2.58. The third-order valence-corrected chi connectivity index (χ3v) is 2.58. The highest BCUT2D eigenvalue weighted by molar-refractivity contribution is 6.09. The van der Waals surface area contributed by atoms with E-state index < -0.39 is 0 Å². The van der Waals surface area contributed by atoms with Crippen molar-refractivity contribution in [2.45, 2.75) is 20.0 Å². The summed E-state index contributed by atoms with van der Waals surface area (Å²) in [5, 5.41) is 7.67. The van der Waals surface area contributed by atoms with Gasteiger partial charge in [0.15, 0.2) is 0 Å². The quantitative estimate of drug-likeness (QED) is 0.783. The molecule has 0 atom stereocenters. The summed E-state index contributed by atoms with van der Waals surface area (Å²) in [6.45, 7) is 3.82. The zero-order chi connectivity index (χ0) is 14.5. The van der Waals surface area contributed by atoms with E-state index >= 15 is 0 Å². The van der Waals surface area contributed by atoms with Gasteiger partial charge < -0.3 is 9.47 Å². The molecular weight excluding hydrogens is 256 g/mol. The average molecular weight is 272 g/mol. The number of benzene rings is 1. The van der Waals surface area contributed by atoms with Crippen LogP contribution in [0.4, 0.5) is 0 Å². The van der Waals surface area contributed by atoms with Crippen LogP contribution in [0.3, 0.4) is 0 Å². The Morgan fingerprint density at radius 3 is 2.45 bits per heavy atom. The summed E-state index contributed by atoms with van der Waals surface area (Å²) >= 11 is 0.